The van der Waals surface area contributed by atoms with Crippen LogP contribution in [0, 0.1) is 11.6 Å². The molecule has 7 heteroatoms. The van der Waals surface area contributed by atoms with Crippen molar-refractivity contribution in [1.82, 2.24) is 0 Å². The maximum atomic E-state index is 13.9. The first kappa shape index (κ1) is 14.5. The molecule has 0 fully saturated rings. The van der Waals surface area contributed by atoms with Gasteiger partial charge in [-0.2, -0.15) is 0 Å². The molecule has 0 saturated carbocycles. The van der Waals surface area contributed by atoms with Crippen LogP contribution in [0.5, 0.6) is 0 Å². The topological polar surface area (TPSA) is 41.1 Å². The fourth-order valence-corrected chi connectivity index (χ4v) is 3.09. The number of fused-ring (bicyclic) bond motifs is 1. The lowest BCUT2D eigenvalue weighted by molar-refractivity contribution is -0.116. The monoisotopic (exact) mass is 416 g/mol. The Bertz CT molecular complexity index is 729. The highest BCUT2D eigenvalue weighted by Gasteiger charge is 2.31. The molecular formula is C14H8Br2F2N2O. The second-order valence-corrected chi connectivity index (χ2v) is 6.31. The van der Waals surface area contributed by atoms with Gasteiger partial charge in [0.15, 0.2) is 0 Å². The zero-order valence-corrected chi connectivity index (χ0v) is 13.6. The van der Waals surface area contributed by atoms with Crippen LogP contribution in [0.4, 0.5) is 20.2 Å². The van der Waals surface area contributed by atoms with Gasteiger partial charge in [-0.15, -0.1) is 0 Å². The minimum atomic E-state index is -0.764. The highest BCUT2D eigenvalue weighted by Crippen LogP contribution is 2.37. The Morgan fingerprint density at radius 2 is 1.90 bits per heavy atom. The zero-order chi connectivity index (χ0) is 15.1. The van der Waals surface area contributed by atoms with Gasteiger partial charge in [0.1, 0.15) is 17.7 Å². The second-order valence-electron chi connectivity index (χ2n) is 4.54. The third-order valence-electron chi connectivity index (χ3n) is 3.14. The molecule has 0 aliphatic carbocycles. The van der Waals surface area contributed by atoms with Crippen LogP contribution in [0.3, 0.4) is 0 Å². The van der Waals surface area contributed by atoms with E-state index in [1.54, 1.807) is 18.2 Å². The number of hydrogen-bond donors (Lipinski definition) is 2. The molecule has 3 nitrogen and oxygen atoms in total. The van der Waals surface area contributed by atoms with Crippen molar-refractivity contribution in [3.63, 3.8) is 0 Å². The molecule has 0 radical (unpaired) electrons. The summed E-state index contributed by atoms with van der Waals surface area (Å²) in [6.07, 6.45) is 0. The number of carbonyl (C=O) groups is 1. The van der Waals surface area contributed by atoms with Crippen LogP contribution in [-0.4, -0.2) is 5.91 Å². The lowest BCUT2D eigenvalue weighted by Crippen LogP contribution is -2.20. The zero-order valence-electron chi connectivity index (χ0n) is 10.4. The van der Waals surface area contributed by atoms with Crippen LogP contribution in [-0.2, 0) is 4.79 Å². The van der Waals surface area contributed by atoms with Crippen LogP contribution >= 0.6 is 31.9 Å². The number of nitrogens with one attached hydrogen (secondary N) is 2. The summed E-state index contributed by atoms with van der Waals surface area (Å²) in [5.41, 5.74) is 1.41. The highest BCUT2D eigenvalue weighted by molar-refractivity contribution is 9.10. The van der Waals surface area contributed by atoms with E-state index in [4.69, 9.17) is 0 Å². The smallest absolute Gasteiger partial charge is 0.251 e. The Labute approximate surface area is 136 Å². The Morgan fingerprint density at radius 1 is 1.14 bits per heavy atom. The molecule has 108 valence electrons. The van der Waals surface area contributed by atoms with Gasteiger partial charge in [-0.25, -0.2) is 8.78 Å². The molecule has 0 aromatic heterocycles. The first-order valence-electron chi connectivity index (χ1n) is 5.97. The van der Waals surface area contributed by atoms with Crippen molar-refractivity contribution in [2.45, 2.75) is 6.04 Å². The quantitative estimate of drug-likeness (QED) is 0.749. The van der Waals surface area contributed by atoms with E-state index >= 15 is 0 Å². The van der Waals surface area contributed by atoms with Crippen LogP contribution in [0.1, 0.15) is 11.6 Å². The summed E-state index contributed by atoms with van der Waals surface area (Å²) in [6.45, 7) is 0. The molecule has 1 heterocycles. The van der Waals surface area contributed by atoms with Crippen LogP contribution in [0.15, 0.2) is 39.3 Å². The SMILES string of the molecule is O=C1Nc2cc(Br)ccc2C1Nc1c(F)cc(F)cc1Br. The molecule has 0 bridgehead atoms. The summed E-state index contributed by atoms with van der Waals surface area (Å²) in [5.74, 6) is -1.75. The average Bonchev–Trinajstić information content (AvgIpc) is 2.68. The molecule has 0 spiro atoms. The predicted molar refractivity (Wildman–Crippen MR) is 83.2 cm³/mol. The summed E-state index contributed by atoms with van der Waals surface area (Å²) >= 11 is 6.42. The average molecular weight is 418 g/mol. The summed E-state index contributed by atoms with van der Waals surface area (Å²) < 4.78 is 28.0. The van der Waals surface area contributed by atoms with E-state index in [0.29, 0.717) is 11.3 Å². The van der Waals surface area contributed by atoms with Crippen LogP contribution in [0.2, 0.25) is 0 Å². The Balaban J connectivity index is 1.99. The number of benzene rings is 2. The van der Waals surface area contributed by atoms with E-state index in [0.717, 1.165) is 16.6 Å². The van der Waals surface area contributed by atoms with Crippen molar-refractivity contribution < 1.29 is 13.6 Å². The summed E-state index contributed by atoms with van der Waals surface area (Å²) in [5, 5.41) is 5.53. The van der Waals surface area contributed by atoms with Gasteiger partial charge in [0.2, 0.25) is 0 Å². The van der Waals surface area contributed by atoms with Gasteiger partial charge >= 0.3 is 0 Å². The second kappa shape index (κ2) is 5.38. The van der Waals surface area contributed by atoms with Gasteiger partial charge in [-0.05, 0) is 34.1 Å². The van der Waals surface area contributed by atoms with Gasteiger partial charge in [-0.3, -0.25) is 4.79 Å². The molecule has 2 aromatic carbocycles. The maximum absolute atomic E-state index is 13.9. The van der Waals surface area contributed by atoms with E-state index in [1.165, 1.54) is 0 Å². The molecule has 1 atom stereocenters. The molecule has 0 saturated heterocycles. The Morgan fingerprint density at radius 3 is 2.62 bits per heavy atom. The van der Waals surface area contributed by atoms with Gasteiger partial charge in [-0.1, -0.05) is 22.0 Å². The predicted octanol–water partition coefficient (Wildman–Crippen LogP) is 4.60. The minimum absolute atomic E-state index is 0.0484. The van der Waals surface area contributed by atoms with Gasteiger partial charge in [0.25, 0.3) is 5.91 Å². The first-order chi connectivity index (χ1) is 9.95. The van der Waals surface area contributed by atoms with E-state index in [1.807, 2.05) is 0 Å². The molecule has 1 aliphatic heterocycles. The van der Waals surface area contributed by atoms with Crippen molar-refractivity contribution in [3.8, 4) is 0 Å². The molecule has 3 rings (SSSR count). The van der Waals surface area contributed by atoms with E-state index in [2.05, 4.69) is 42.5 Å². The molecule has 1 amide bonds. The summed E-state index contributed by atoms with van der Waals surface area (Å²) in [7, 11) is 0. The van der Waals surface area contributed by atoms with Crippen molar-refractivity contribution >= 4 is 49.1 Å². The van der Waals surface area contributed by atoms with Crippen LogP contribution in [0.25, 0.3) is 0 Å². The fraction of sp³-hybridized carbons (Fsp3) is 0.0714. The standard InChI is InChI=1S/C14H8Br2F2N2O/c15-6-1-2-8-11(3-6)19-14(21)12(8)20-13-9(16)4-7(17)5-10(13)18/h1-5,12,20H,(H,19,21). The van der Waals surface area contributed by atoms with Gasteiger partial charge in [0.05, 0.1) is 5.69 Å². The molecule has 1 unspecified atom stereocenters. The van der Waals surface area contributed by atoms with E-state index in [9.17, 15) is 13.6 Å². The normalized spacial score (nSPS) is 16.6. The summed E-state index contributed by atoms with van der Waals surface area (Å²) in [6, 6.07) is 6.51. The Hall–Kier alpha value is -1.47. The highest BCUT2D eigenvalue weighted by atomic mass is 79.9. The number of halogens is 4. The maximum Gasteiger partial charge on any atom is 0.251 e. The van der Waals surface area contributed by atoms with Crippen molar-refractivity contribution in [3.05, 3.63) is 56.5 Å². The number of anilines is 2. The molecule has 2 aromatic rings. The molecule has 21 heavy (non-hydrogen) atoms. The number of hydrogen-bond acceptors (Lipinski definition) is 2. The third kappa shape index (κ3) is 2.67. The largest absolute Gasteiger partial charge is 0.367 e. The van der Waals surface area contributed by atoms with Crippen molar-refractivity contribution in [1.29, 1.82) is 0 Å². The Kier molecular flexibility index (Phi) is 3.71. The lowest BCUT2D eigenvalue weighted by atomic mass is 10.1. The fourth-order valence-electron chi connectivity index (χ4n) is 2.20. The number of rotatable bonds is 2. The lowest BCUT2D eigenvalue weighted by Gasteiger charge is -2.15. The van der Waals surface area contributed by atoms with Gasteiger partial charge < -0.3 is 10.6 Å². The summed E-state index contributed by atoms with van der Waals surface area (Å²) in [4.78, 5) is 12.0. The number of amides is 1. The van der Waals surface area contributed by atoms with Crippen LogP contribution < -0.4 is 10.6 Å². The minimum Gasteiger partial charge on any atom is -0.367 e. The third-order valence-corrected chi connectivity index (χ3v) is 4.26. The number of carbonyl (C=O) groups excluding carboxylic acids is 1. The van der Waals surface area contributed by atoms with E-state index < -0.39 is 17.7 Å². The molecule has 2 N–H and O–H groups in total. The van der Waals surface area contributed by atoms with Crippen molar-refractivity contribution in [2.24, 2.45) is 0 Å². The molecular weight excluding hydrogens is 410 g/mol. The van der Waals surface area contributed by atoms with E-state index in [-0.39, 0.29) is 16.1 Å². The first-order valence-corrected chi connectivity index (χ1v) is 7.55. The molecule has 1 aliphatic rings. The van der Waals surface area contributed by atoms with Gasteiger partial charge in [0, 0.05) is 26.3 Å². The van der Waals surface area contributed by atoms with Crippen molar-refractivity contribution in [2.75, 3.05) is 10.6 Å².